The van der Waals surface area contributed by atoms with Gasteiger partial charge in [-0.3, -0.25) is 14.5 Å². The van der Waals surface area contributed by atoms with E-state index in [1.807, 2.05) is 19.1 Å². The van der Waals surface area contributed by atoms with Gasteiger partial charge in [0, 0.05) is 24.5 Å². The number of aromatic nitrogens is 1. The van der Waals surface area contributed by atoms with Crippen molar-refractivity contribution in [1.29, 1.82) is 0 Å². The Labute approximate surface area is 164 Å². The molecule has 1 heterocycles. The van der Waals surface area contributed by atoms with Gasteiger partial charge in [0.15, 0.2) is 0 Å². The Hall–Kier alpha value is -3.19. The molecule has 0 radical (unpaired) electrons. The third-order valence-electron chi connectivity index (χ3n) is 4.28. The van der Waals surface area contributed by atoms with Crippen LogP contribution in [0.3, 0.4) is 0 Å². The smallest absolute Gasteiger partial charge is 0.261 e. The van der Waals surface area contributed by atoms with E-state index in [1.165, 1.54) is 0 Å². The summed E-state index contributed by atoms with van der Waals surface area (Å²) in [5.74, 6) is -0.285. The molecule has 3 aromatic rings. The number of aryl methyl sites for hydroxylation is 2. The lowest BCUT2D eigenvalue weighted by atomic mass is 10.1. The molecule has 0 bridgehead atoms. The van der Waals surface area contributed by atoms with Crippen LogP contribution >= 0.6 is 0 Å². The number of amides is 1. The van der Waals surface area contributed by atoms with Gasteiger partial charge in [0.1, 0.15) is 0 Å². The summed E-state index contributed by atoms with van der Waals surface area (Å²) in [6.45, 7) is 4.04. The highest BCUT2D eigenvalue weighted by Gasteiger charge is 2.16. The molecule has 7 heteroatoms. The van der Waals surface area contributed by atoms with E-state index in [2.05, 4.69) is 15.0 Å². The predicted molar refractivity (Wildman–Crippen MR) is 109 cm³/mol. The van der Waals surface area contributed by atoms with Crippen LogP contribution in [-0.2, 0) is 16.6 Å². The Morgan fingerprint density at radius 1 is 0.964 bits per heavy atom. The average Bonchev–Trinajstić information content (AvgIpc) is 2.69. The maximum Gasteiger partial charge on any atom is 0.261 e. The average molecular weight is 395 g/mol. The highest BCUT2D eigenvalue weighted by Crippen LogP contribution is 2.21. The molecule has 0 fully saturated rings. The maximum absolute atomic E-state index is 12.6. The SMILES string of the molecule is Cc1ccc(S(=O)(=O)Nc2cc(C(=O)NCc3ccncc3)ccc2C)cc1. The molecule has 28 heavy (non-hydrogen) atoms. The zero-order valence-corrected chi connectivity index (χ0v) is 16.5. The Balaban J connectivity index is 1.77. The maximum atomic E-state index is 12.6. The monoisotopic (exact) mass is 395 g/mol. The molecule has 1 amide bonds. The van der Waals surface area contributed by atoms with Crippen LogP contribution in [0.2, 0.25) is 0 Å². The zero-order valence-electron chi connectivity index (χ0n) is 15.6. The lowest BCUT2D eigenvalue weighted by molar-refractivity contribution is 0.0951. The number of benzene rings is 2. The number of hydrogen-bond acceptors (Lipinski definition) is 4. The Morgan fingerprint density at radius 3 is 2.32 bits per heavy atom. The van der Waals surface area contributed by atoms with Crippen molar-refractivity contribution in [2.24, 2.45) is 0 Å². The van der Waals surface area contributed by atoms with Gasteiger partial charge in [0.05, 0.1) is 10.6 Å². The molecule has 0 atom stereocenters. The summed E-state index contributed by atoms with van der Waals surface area (Å²) in [6, 6.07) is 15.1. The van der Waals surface area contributed by atoms with Crippen LogP contribution in [0.4, 0.5) is 5.69 Å². The fourth-order valence-electron chi connectivity index (χ4n) is 2.58. The molecule has 0 aliphatic rings. The van der Waals surface area contributed by atoms with E-state index in [1.54, 1.807) is 61.8 Å². The number of carbonyl (C=O) groups excluding carboxylic acids is 1. The molecule has 0 aliphatic carbocycles. The molecule has 6 nitrogen and oxygen atoms in total. The summed E-state index contributed by atoms with van der Waals surface area (Å²) >= 11 is 0. The number of hydrogen-bond donors (Lipinski definition) is 2. The van der Waals surface area contributed by atoms with Crippen LogP contribution in [0, 0.1) is 13.8 Å². The molecule has 0 unspecified atom stereocenters. The summed E-state index contributed by atoms with van der Waals surface area (Å²) in [4.78, 5) is 16.6. The van der Waals surface area contributed by atoms with Crippen molar-refractivity contribution in [2.45, 2.75) is 25.3 Å². The van der Waals surface area contributed by atoms with E-state index in [-0.39, 0.29) is 10.8 Å². The van der Waals surface area contributed by atoms with Crippen LogP contribution in [0.5, 0.6) is 0 Å². The van der Waals surface area contributed by atoms with Crippen molar-refractivity contribution in [2.75, 3.05) is 4.72 Å². The largest absolute Gasteiger partial charge is 0.348 e. The third-order valence-corrected chi connectivity index (χ3v) is 5.66. The summed E-state index contributed by atoms with van der Waals surface area (Å²) < 4.78 is 27.9. The molecule has 0 spiro atoms. The van der Waals surface area contributed by atoms with Crippen molar-refractivity contribution in [3.63, 3.8) is 0 Å². The molecular formula is C21H21N3O3S. The minimum absolute atomic E-state index is 0.171. The second-order valence-corrected chi connectivity index (χ2v) is 8.17. The van der Waals surface area contributed by atoms with Gasteiger partial charge < -0.3 is 5.32 Å². The molecule has 1 aromatic heterocycles. The van der Waals surface area contributed by atoms with Crippen LogP contribution in [-0.4, -0.2) is 19.3 Å². The molecule has 3 rings (SSSR count). The standard InChI is InChI=1S/C21H21N3O3S/c1-15-3-7-19(8-4-15)28(26,27)24-20-13-18(6-5-16(20)2)21(25)23-14-17-9-11-22-12-10-17/h3-13,24H,14H2,1-2H3,(H,23,25). The van der Waals surface area contributed by atoms with Gasteiger partial charge in [0.25, 0.3) is 15.9 Å². The van der Waals surface area contributed by atoms with Gasteiger partial charge in [-0.05, 0) is 61.4 Å². The van der Waals surface area contributed by atoms with E-state index in [4.69, 9.17) is 0 Å². The number of anilines is 1. The van der Waals surface area contributed by atoms with Crippen molar-refractivity contribution in [1.82, 2.24) is 10.3 Å². The number of rotatable bonds is 6. The van der Waals surface area contributed by atoms with Crippen LogP contribution < -0.4 is 10.0 Å². The molecule has 144 valence electrons. The number of carbonyl (C=O) groups is 1. The normalized spacial score (nSPS) is 11.1. The number of nitrogens with one attached hydrogen (secondary N) is 2. The van der Waals surface area contributed by atoms with Crippen molar-refractivity contribution >= 4 is 21.6 Å². The summed E-state index contributed by atoms with van der Waals surface area (Å²) in [7, 11) is -3.74. The molecular weight excluding hydrogens is 374 g/mol. The van der Waals surface area contributed by atoms with Crippen LogP contribution in [0.25, 0.3) is 0 Å². The first-order chi connectivity index (χ1) is 13.3. The minimum atomic E-state index is -3.74. The number of pyridine rings is 1. The highest BCUT2D eigenvalue weighted by atomic mass is 32.2. The fourth-order valence-corrected chi connectivity index (χ4v) is 3.70. The second kappa shape index (κ2) is 8.22. The van der Waals surface area contributed by atoms with Gasteiger partial charge in [-0.15, -0.1) is 0 Å². The quantitative estimate of drug-likeness (QED) is 0.669. The molecule has 2 aromatic carbocycles. The first-order valence-corrected chi connectivity index (χ1v) is 10.2. The third kappa shape index (κ3) is 4.75. The summed E-state index contributed by atoms with van der Waals surface area (Å²) in [6.07, 6.45) is 3.32. The van der Waals surface area contributed by atoms with E-state index in [0.29, 0.717) is 17.8 Å². The zero-order chi connectivity index (χ0) is 20.1. The van der Waals surface area contributed by atoms with E-state index >= 15 is 0 Å². The Morgan fingerprint density at radius 2 is 1.64 bits per heavy atom. The summed E-state index contributed by atoms with van der Waals surface area (Å²) in [5.41, 5.74) is 3.37. The molecule has 0 saturated carbocycles. The van der Waals surface area contributed by atoms with E-state index in [0.717, 1.165) is 16.7 Å². The first kappa shape index (κ1) is 19.6. The van der Waals surface area contributed by atoms with E-state index in [9.17, 15) is 13.2 Å². The minimum Gasteiger partial charge on any atom is -0.348 e. The van der Waals surface area contributed by atoms with Gasteiger partial charge >= 0.3 is 0 Å². The lowest BCUT2D eigenvalue weighted by Crippen LogP contribution is -2.23. The molecule has 0 aliphatic heterocycles. The fraction of sp³-hybridized carbons (Fsp3) is 0.143. The molecule has 0 saturated heterocycles. The Kier molecular flexibility index (Phi) is 5.75. The number of sulfonamides is 1. The summed E-state index contributed by atoms with van der Waals surface area (Å²) in [5, 5.41) is 2.82. The second-order valence-electron chi connectivity index (χ2n) is 6.49. The Bertz CT molecular complexity index is 1080. The predicted octanol–water partition coefficient (Wildman–Crippen LogP) is 3.43. The van der Waals surface area contributed by atoms with Gasteiger partial charge in [0.2, 0.25) is 0 Å². The number of nitrogens with zero attached hydrogens (tertiary/aromatic N) is 1. The first-order valence-electron chi connectivity index (χ1n) is 8.72. The van der Waals surface area contributed by atoms with Gasteiger partial charge in [-0.25, -0.2) is 8.42 Å². The van der Waals surface area contributed by atoms with E-state index < -0.39 is 10.0 Å². The van der Waals surface area contributed by atoms with Gasteiger partial charge in [-0.2, -0.15) is 0 Å². The van der Waals surface area contributed by atoms with Crippen molar-refractivity contribution in [3.05, 3.63) is 89.2 Å². The van der Waals surface area contributed by atoms with Crippen LogP contribution in [0.1, 0.15) is 27.0 Å². The van der Waals surface area contributed by atoms with Crippen molar-refractivity contribution in [3.8, 4) is 0 Å². The van der Waals surface area contributed by atoms with Crippen molar-refractivity contribution < 1.29 is 13.2 Å². The lowest BCUT2D eigenvalue weighted by Gasteiger charge is -2.13. The highest BCUT2D eigenvalue weighted by molar-refractivity contribution is 7.92. The van der Waals surface area contributed by atoms with Crippen LogP contribution in [0.15, 0.2) is 71.9 Å². The van der Waals surface area contributed by atoms with Gasteiger partial charge in [-0.1, -0.05) is 23.8 Å². The topological polar surface area (TPSA) is 88.2 Å². The molecule has 2 N–H and O–H groups in total.